The summed E-state index contributed by atoms with van der Waals surface area (Å²) in [5.74, 6) is 1.57. The van der Waals surface area contributed by atoms with Gasteiger partial charge in [-0.3, -0.25) is 0 Å². The highest BCUT2D eigenvalue weighted by Gasteiger charge is 2.19. The fourth-order valence-corrected chi connectivity index (χ4v) is 3.33. The van der Waals surface area contributed by atoms with Crippen LogP contribution < -0.4 is 10.6 Å². The van der Waals surface area contributed by atoms with Gasteiger partial charge in [0.2, 0.25) is 0 Å². The lowest BCUT2D eigenvalue weighted by Crippen LogP contribution is -2.34. The van der Waals surface area contributed by atoms with Gasteiger partial charge in [0.05, 0.1) is 0 Å². The molecule has 5 heteroatoms. The van der Waals surface area contributed by atoms with Crippen LogP contribution in [0, 0.1) is 11.8 Å². The highest BCUT2D eigenvalue weighted by molar-refractivity contribution is 7.80. The number of aromatic nitrogens is 1. The molecule has 3 nitrogen and oxygen atoms in total. The maximum Gasteiger partial charge on any atom is 0.188 e. The average Bonchev–Trinajstić information content (AvgIpc) is 2.90. The number of hydrogen-bond acceptors (Lipinski definition) is 3. The van der Waals surface area contributed by atoms with Gasteiger partial charge in [-0.15, -0.1) is 11.3 Å². The van der Waals surface area contributed by atoms with Crippen LogP contribution in [-0.4, -0.2) is 16.6 Å². The molecule has 1 atom stereocenters. The maximum atomic E-state index is 5.27. The zero-order valence-corrected chi connectivity index (χ0v) is 12.4. The molecule has 100 valence electrons. The highest BCUT2D eigenvalue weighted by Crippen LogP contribution is 2.29. The number of hydrogen-bond donors (Lipinski definition) is 2. The van der Waals surface area contributed by atoms with Crippen LogP contribution >= 0.6 is 23.6 Å². The molecule has 1 aromatic rings. The first-order valence-electron chi connectivity index (χ1n) is 6.70. The van der Waals surface area contributed by atoms with E-state index in [1.54, 1.807) is 17.5 Å². The standard InChI is InChI=1S/C13H21N3S2/c1-10(11-5-3-2-4-6-11)9-15-12(17)16-13-14-7-8-18-13/h7-8,10-11H,2-6,9H2,1H3,(H2,14,15,16,17)/t10-/m1/s1. The van der Waals surface area contributed by atoms with E-state index in [2.05, 4.69) is 22.5 Å². The molecule has 0 amide bonds. The van der Waals surface area contributed by atoms with E-state index in [-0.39, 0.29) is 0 Å². The fourth-order valence-electron chi connectivity index (χ4n) is 2.55. The minimum Gasteiger partial charge on any atom is -0.362 e. The maximum absolute atomic E-state index is 5.27. The Morgan fingerprint density at radius 2 is 2.28 bits per heavy atom. The molecule has 2 N–H and O–H groups in total. The Morgan fingerprint density at radius 3 is 2.94 bits per heavy atom. The summed E-state index contributed by atoms with van der Waals surface area (Å²) >= 11 is 6.83. The molecule has 18 heavy (non-hydrogen) atoms. The first-order valence-corrected chi connectivity index (χ1v) is 7.99. The summed E-state index contributed by atoms with van der Waals surface area (Å²) < 4.78 is 0. The van der Waals surface area contributed by atoms with Crippen LogP contribution in [0.4, 0.5) is 5.13 Å². The van der Waals surface area contributed by atoms with Crippen LogP contribution in [0.2, 0.25) is 0 Å². The molecule has 0 radical (unpaired) electrons. The van der Waals surface area contributed by atoms with E-state index in [9.17, 15) is 0 Å². The van der Waals surface area contributed by atoms with Crippen molar-refractivity contribution in [1.82, 2.24) is 10.3 Å². The fraction of sp³-hybridized carbons (Fsp3) is 0.692. The molecule has 0 saturated heterocycles. The number of thiazole rings is 1. The first-order chi connectivity index (χ1) is 8.75. The van der Waals surface area contributed by atoms with Crippen molar-refractivity contribution in [1.29, 1.82) is 0 Å². The Hall–Kier alpha value is -0.680. The quantitative estimate of drug-likeness (QED) is 0.827. The van der Waals surface area contributed by atoms with Crippen molar-refractivity contribution in [2.45, 2.75) is 39.0 Å². The monoisotopic (exact) mass is 283 g/mol. The largest absolute Gasteiger partial charge is 0.362 e. The van der Waals surface area contributed by atoms with Crippen LogP contribution in [0.25, 0.3) is 0 Å². The third-order valence-corrected chi connectivity index (χ3v) is 4.63. The second kappa shape index (κ2) is 7.04. The van der Waals surface area contributed by atoms with Gasteiger partial charge in [0.25, 0.3) is 0 Å². The summed E-state index contributed by atoms with van der Waals surface area (Å²) in [6.45, 7) is 3.29. The highest BCUT2D eigenvalue weighted by atomic mass is 32.1. The molecular weight excluding hydrogens is 262 g/mol. The molecule has 1 aliphatic rings. The molecule has 1 aromatic heterocycles. The summed E-state index contributed by atoms with van der Waals surface area (Å²) in [7, 11) is 0. The van der Waals surface area contributed by atoms with Gasteiger partial charge in [0.15, 0.2) is 10.2 Å². The van der Waals surface area contributed by atoms with Crippen molar-refractivity contribution in [3.05, 3.63) is 11.6 Å². The molecule has 2 rings (SSSR count). The lowest BCUT2D eigenvalue weighted by atomic mass is 9.81. The molecule has 1 fully saturated rings. The van der Waals surface area contributed by atoms with E-state index in [1.165, 1.54) is 32.1 Å². The third-order valence-electron chi connectivity index (χ3n) is 3.69. The van der Waals surface area contributed by atoms with E-state index < -0.39 is 0 Å². The van der Waals surface area contributed by atoms with Crippen LogP contribution in [0.1, 0.15) is 39.0 Å². The normalized spacial score (nSPS) is 18.3. The SMILES string of the molecule is C[C@H](CNC(=S)Nc1nccs1)C1CCCCC1. The van der Waals surface area contributed by atoms with Crippen LogP contribution in [-0.2, 0) is 0 Å². The zero-order valence-electron chi connectivity index (χ0n) is 10.8. The van der Waals surface area contributed by atoms with Crippen LogP contribution in [0.3, 0.4) is 0 Å². The molecule has 1 heterocycles. The molecular formula is C13H21N3S2. The summed E-state index contributed by atoms with van der Waals surface area (Å²) in [6, 6.07) is 0. The summed E-state index contributed by atoms with van der Waals surface area (Å²) in [4.78, 5) is 4.15. The Bertz CT molecular complexity index is 358. The van der Waals surface area contributed by atoms with Gasteiger partial charge >= 0.3 is 0 Å². The Balaban J connectivity index is 1.68. The predicted molar refractivity (Wildman–Crippen MR) is 82.1 cm³/mol. The number of thiocarbonyl (C=S) groups is 1. The summed E-state index contributed by atoms with van der Waals surface area (Å²) in [6.07, 6.45) is 8.76. The summed E-state index contributed by atoms with van der Waals surface area (Å²) in [5, 5.41) is 9.90. The van der Waals surface area contributed by atoms with E-state index in [4.69, 9.17) is 12.2 Å². The number of rotatable bonds is 4. The van der Waals surface area contributed by atoms with Gasteiger partial charge < -0.3 is 10.6 Å². The minimum atomic E-state index is 0.688. The van der Waals surface area contributed by atoms with Gasteiger partial charge in [0, 0.05) is 18.1 Å². The smallest absolute Gasteiger partial charge is 0.188 e. The number of nitrogens with one attached hydrogen (secondary N) is 2. The predicted octanol–water partition coefficient (Wildman–Crippen LogP) is 3.65. The Labute approximate surface area is 118 Å². The molecule has 0 unspecified atom stereocenters. The lowest BCUT2D eigenvalue weighted by molar-refractivity contribution is 0.264. The van der Waals surface area contributed by atoms with Crippen LogP contribution in [0.15, 0.2) is 11.6 Å². The topological polar surface area (TPSA) is 37.0 Å². The molecule has 1 aliphatic carbocycles. The molecule has 1 saturated carbocycles. The van der Waals surface area contributed by atoms with E-state index >= 15 is 0 Å². The average molecular weight is 283 g/mol. The van der Waals surface area contributed by atoms with E-state index in [0.29, 0.717) is 11.0 Å². The van der Waals surface area contributed by atoms with Crippen molar-refractivity contribution < 1.29 is 0 Å². The number of nitrogens with zero attached hydrogens (tertiary/aromatic N) is 1. The molecule has 0 spiro atoms. The second-order valence-electron chi connectivity index (χ2n) is 5.05. The van der Waals surface area contributed by atoms with Gasteiger partial charge in [-0.05, 0) is 24.1 Å². The van der Waals surface area contributed by atoms with Gasteiger partial charge in [-0.1, -0.05) is 39.0 Å². The Morgan fingerprint density at radius 1 is 1.50 bits per heavy atom. The molecule has 0 aromatic carbocycles. The zero-order chi connectivity index (χ0) is 12.8. The Kier molecular flexibility index (Phi) is 5.38. The van der Waals surface area contributed by atoms with Crippen molar-refractivity contribution in [2.75, 3.05) is 11.9 Å². The minimum absolute atomic E-state index is 0.688. The number of anilines is 1. The molecule has 0 aliphatic heterocycles. The second-order valence-corrected chi connectivity index (χ2v) is 6.35. The van der Waals surface area contributed by atoms with Crippen molar-refractivity contribution in [3.63, 3.8) is 0 Å². The first kappa shape index (κ1) is 13.7. The third kappa shape index (κ3) is 4.21. The van der Waals surface area contributed by atoms with E-state index in [0.717, 1.165) is 17.6 Å². The van der Waals surface area contributed by atoms with Crippen molar-refractivity contribution in [2.24, 2.45) is 11.8 Å². The molecule has 0 bridgehead atoms. The van der Waals surface area contributed by atoms with Gasteiger partial charge in [-0.2, -0.15) is 0 Å². The summed E-state index contributed by atoms with van der Waals surface area (Å²) in [5.41, 5.74) is 0. The lowest BCUT2D eigenvalue weighted by Gasteiger charge is -2.28. The van der Waals surface area contributed by atoms with Gasteiger partial charge in [0.1, 0.15) is 0 Å². The van der Waals surface area contributed by atoms with Crippen molar-refractivity contribution >= 4 is 33.8 Å². The van der Waals surface area contributed by atoms with Crippen molar-refractivity contribution in [3.8, 4) is 0 Å². The van der Waals surface area contributed by atoms with Crippen LogP contribution in [0.5, 0.6) is 0 Å². The van der Waals surface area contributed by atoms with Gasteiger partial charge in [-0.25, -0.2) is 4.98 Å². The van der Waals surface area contributed by atoms with E-state index in [1.807, 2.05) is 5.38 Å².